The molecule has 0 rings (SSSR count). The molecule has 9 heteroatoms. The summed E-state index contributed by atoms with van der Waals surface area (Å²) in [6.07, 6.45) is 45.4. The molecule has 0 aliphatic heterocycles. The van der Waals surface area contributed by atoms with Crippen molar-refractivity contribution >= 4 is 19.8 Å². The summed E-state index contributed by atoms with van der Waals surface area (Å²) >= 11 is 0. The first-order chi connectivity index (χ1) is 28.1. The van der Waals surface area contributed by atoms with Gasteiger partial charge in [-0.15, -0.1) is 0 Å². The molecule has 0 radical (unpaired) electrons. The fourth-order valence-electron chi connectivity index (χ4n) is 7.68. The Morgan fingerprint density at radius 3 is 1.00 bits per heavy atom. The molecule has 8 nitrogen and oxygen atoms in total. The summed E-state index contributed by atoms with van der Waals surface area (Å²) in [5, 5.41) is 0. The highest BCUT2D eigenvalue weighted by molar-refractivity contribution is 7.46. The molecule has 0 amide bonds. The summed E-state index contributed by atoms with van der Waals surface area (Å²) in [5.74, 6) is 0.919. The summed E-state index contributed by atoms with van der Waals surface area (Å²) in [6, 6.07) is 0. The van der Waals surface area contributed by atoms with E-state index in [0.29, 0.717) is 6.42 Å². The highest BCUT2D eigenvalue weighted by atomic mass is 31.2. The Morgan fingerprint density at radius 2 is 0.707 bits per heavy atom. The van der Waals surface area contributed by atoms with E-state index in [1.165, 1.54) is 193 Å². The summed E-state index contributed by atoms with van der Waals surface area (Å²) < 4.78 is 26.5. The standard InChI is InChI=1S/C49H97O8P/c1-5-45(3)39-35-31-27-23-19-15-11-9-7-8-10-12-17-21-25-29-33-37-41-48(50)55-43-47(44-56-58(52,53)54)57-49(51)42-38-34-30-26-22-18-14-13-16-20-24-28-32-36-40-46(4)6-2/h45-47H,5-44H2,1-4H3,(H2,52,53,54)/t45?,46?,47-/m1/s1. The topological polar surface area (TPSA) is 119 Å². The third kappa shape index (κ3) is 44.6. The van der Waals surface area contributed by atoms with Crippen LogP contribution in [0.3, 0.4) is 0 Å². The van der Waals surface area contributed by atoms with E-state index in [1.807, 2.05) is 0 Å². The Bertz CT molecular complexity index is 940. The van der Waals surface area contributed by atoms with Crippen LogP contribution in [0.25, 0.3) is 0 Å². The molecule has 0 aromatic carbocycles. The van der Waals surface area contributed by atoms with Gasteiger partial charge in [-0.3, -0.25) is 14.1 Å². The molecule has 0 aliphatic rings. The van der Waals surface area contributed by atoms with Gasteiger partial charge in [0.2, 0.25) is 0 Å². The molecule has 0 bridgehead atoms. The van der Waals surface area contributed by atoms with Crippen LogP contribution >= 0.6 is 7.82 Å². The van der Waals surface area contributed by atoms with Crippen LogP contribution in [-0.4, -0.2) is 41.0 Å². The maximum atomic E-state index is 12.5. The van der Waals surface area contributed by atoms with Gasteiger partial charge in [0.25, 0.3) is 0 Å². The maximum Gasteiger partial charge on any atom is 0.469 e. The molecule has 2 N–H and O–H groups in total. The van der Waals surface area contributed by atoms with Gasteiger partial charge in [0.1, 0.15) is 6.61 Å². The lowest BCUT2D eigenvalue weighted by Gasteiger charge is -2.18. The van der Waals surface area contributed by atoms with Crippen LogP contribution in [0.15, 0.2) is 0 Å². The Morgan fingerprint density at radius 1 is 0.431 bits per heavy atom. The van der Waals surface area contributed by atoms with Crippen molar-refractivity contribution in [2.45, 2.75) is 278 Å². The Hall–Kier alpha value is -0.950. The van der Waals surface area contributed by atoms with Gasteiger partial charge < -0.3 is 19.3 Å². The number of hydrogen-bond donors (Lipinski definition) is 2. The molecule has 2 unspecified atom stereocenters. The van der Waals surface area contributed by atoms with Gasteiger partial charge in [-0.25, -0.2) is 4.57 Å². The minimum Gasteiger partial charge on any atom is -0.462 e. The molecule has 0 saturated carbocycles. The highest BCUT2D eigenvalue weighted by Gasteiger charge is 2.23. The van der Waals surface area contributed by atoms with Crippen molar-refractivity contribution in [2.75, 3.05) is 13.2 Å². The summed E-state index contributed by atoms with van der Waals surface area (Å²) in [7, 11) is -4.75. The molecule has 58 heavy (non-hydrogen) atoms. The van der Waals surface area contributed by atoms with Crippen LogP contribution in [0.1, 0.15) is 272 Å². The smallest absolute Gasteiger partial charge is 0.462 e. The number of rotatable bonds is 46. The van der Waals surface area contributed by atoms with Crippen LogP contribution < -0.4 is 0 Å². The van der Waals surface area contributed by atoms with E-state index in [0.717, 1.165) is 43.9 Å². The van der Waals surface area contributed by atoms with Gasteiger partial charge in [0.15, 0.2) is 6.10 Å². The fourth-order valence-corrected chi connectivity index (χ4v) is 8.04. The first-order valence-electron chi connectivity index (χ1n) is 25.1. The lowest BCUT2D eigenvalue weighted by Crippen LogP contribution is -2.29. The largest absolute Gasteiger partial charge is 0.469 e. The van der Waals surface area contributed by atoms with Crippen molar-refractivity contribution in [3.63, 3.8) is 0 Å². The number of ether oxygens (including phenoxy) is 2. The zero-order chi connectivity index (χ0) is 42.8. The second-order valence-electron chi connectivity index (χ2n) is 18.0. The van der Waals surface area contributed by atoms with Gasteiger partial charge in [0, 0.05) is 12.8 Å². The monoisotopic (exact) mass is 845 g/mol. The third-order valence-electron chi connectivity index (χ3n) is 12.2. The first-order valence-corrected chi connectivity index (χ1v) is 26.7. The van der Waals surface area contributed by atoms with Crippen molar-refractivity contribution in [1.29, 1.82) is 0 Å². The SMILES string of the molecule is CCC(C)CCCCCCCCCCCCCCCCCCCCC(=O)OC[C@H](COP(=O)(O)O)OC(=O)CCCCCCCCCCCCCCCCC(C)CC. The molecule has 0 heterocycles. The van der Waals surface area contributed by atoms with Crippen LogP contribution in [0.4, 0.5) is 0 Å². The maximum absolute atomic E-state index is 12.5. The van der Waals surface area contributed by atoms with Gasteiger partial charge >= 0.3 is 19.8 Å². The van der Waals surface area contributed by atoms with Crippen LogP contribution in [0.2, 0.25) is 0 Å². The fraction of sp³-hybridized carbons (Fsp3) is 0.959. The predicted octanol–water partition coefficient (Wildman–Crippen LogP) is 15.7. The zero-order valence-electron chi connectivity index (χ0n) is 38.8. The van der Waals surface area contributed by atoms with Crippen LogP contribution in [0.5, 0.6) is 0 Å². The van der Waals surface area contributed by atoms with E-state index in [2.05, 4.69) is 32.2 Å². The molecule has 0 aliphatic carbocycles. The Balaban J connectivity index is 3.78. The number of carbonyl (C=O) groups is 2. The van der Waals surface area contributed by atoms with Crippen molar-refractivity contribution in [2.24, 2.45) is 11.8 Å². The van der Waals surface area contributed by atoms with Crippen LogP contribution in [0, 0.1) is 11.8 Å². The average molecular weight is 845 g/mol. The van der Waals surface area contributed by atoms with E-state index in [9.17, 15) is 14.2 Å². The number of esters is 2. The molecule has 0 aromatic heterocycles. The lowest BCUT2D eigenvalue weighted by atomic mass is 9.99. The third-order valence-corrected chi connectivity index (χ3v) is 12.7. The van der Waals surface area contributed by atoms with Gasteiger partial charge in [-0.1, -0.05) is 246 Å². The number of phosphoric ester groups is 1. The average Bonchev–Trinajstić information content (AvgIpc) is 3.20. The summed E-state index contributed by atoms with van der Waals surface area (Å²) in [4.78, 5) is 43.1. The second kappa shape index (κ2) is 42.7. The van der Waals surface area contributed by atoms with Gasteiger partial charge in [-0.05, 0) is 24.7 Å². The molecule has 0 aromatic rings. The minimum atomic E-state index is -4.75. The Labute approximate surface area is 359 Å². The molecular weight excluding hydrogens is 748 g/mol. The number of unbranched alkanes of at least 4 members (excludes halogenated alkanes) is 30. The lowest BCUT2D eigenvalue weighted by molar-refractivity contribution is -0.161. The van der Waals surface area contributed by atoms with Crippen molar-refractivity contribution in [1.82, 2.24) is 0 Å². The van der Waals surface area contributed by atoms with Crippen molar-refractivity contribution < 1.29 is 37.9 Å². The van der Waals surface area contributed by atoms with E-state index >= 15 is 0 Å². The molecule has 0 saturated heterocycles. The van der Waals surface area contributed by atoms with E-state index in [4.69, 9.17) is 19.3 Å². The van der Waals surface area contributed by atoms with Gasteiger partial charge in [0.05, 0.1) is 6.61 Å². The van der Waals surface area contributed by atoms with E-state index in [-0.39, 0.29) is 19.4 Å². The molecule has 0 fully saturated rings. The minimum absolute atomic E-state index is 0.219. The van der Waals surface area contributed by atoms with Crippen LogP contribution in [-0.2, 0) is 28.2 Å². The molecule has 346 valence electrons. The van der Waals surface area contributed by atoms with E-state index < -0.39 is 32.5 Å². The number of hydrogen-bond acceptors (Lipinski definition) is 6. The van der Waals surface area contributed by atoms with Crippen molar-refractivity contribution in [3.05, 3.63) is 0 Å². The summed E-state index contributed by atoms with van der Waals surface area (Å²) in [6.45, 7) is 8.51. The van der Waals surface area contributed by atoms with Crippen molar-refractivity contribution in [3.8, 4) is 0 Å². The Kier molecular flexibility index (Phi) is 42.0. The molecule has 0 spiro atoms. The van der Waals surface area contributed by atoms with Gasteiger partial charge in [-0.2, -0.15) is 0 Å². The molecular formula is C49H97O8P. The normalized spacial score (nSPS) is 13.4. The highest BCUT2D eigenvalue weighted by Crippen LogP contribution is 2.36. The quantitative estimate of drug-likeness (QED) is 0.0353. The first kappa shape index (κ1) is 57.1. The number of carbonyl (C=O) groups excluding carboxylic acids is 2. The molecule has 3 atom stereocenters. The predicted molar refractivity (Wildman–Crippen MR) is 244 cm³/mol. The van der Waals surface area contributed by atoms with E-state index in [1.54, 1.807) is 0 Å². The second-order valence-corrected chi connectivity index (χ2v) is 19.2. The zero-order valence-corrected chi connectivity index (χ0v) is 39.7. The number of phosphoric acid groups is 1. The summed E-state index contributed by atoms with van der Waals surface area (Å²) in [5.41, 5.74) is 0.